The fourth-order valence-corrected chi connectivity index (χ4v) is 9.55. The van der Waals surface area contributed by atoms with Gasteiger partial charge in [-0.1, -0.05) is 37.4 Å². The zero-order valence-corrected chi connectivity index (χ0v) is 44.9. The molecule has 2 aromatic heterocycles. The molecule has 19 heteroatoms. The minimum atomic E-state index is -0.263. The third-order valence-corrected chi connectivity index (χ3v) is 14.3. The van der Waals surface area contributed by atoms with E-state index in [9.17, 15) is 9.59 Å². The third-order valence-electron chi connectivity index (χ3n) is 14.1. The molecule has 0 aliphatic carbocycles. The molecule has 4 fully saturated rings. The van der Waals surface area contributed by atoms with Gasteiger partial charge in [0.25, 0.3) is 0 Å². The van der Waals surface area contributed by atoms with Crippen LogP contribution in [0.2, 0.25) is 5.28 Å². The Labute approximate surface area is 455 Å². The number of hydrogen-bond acceptors (Lipinski definition) is 16. The van der Waals surface area contributed by atoms with E-state index in [0.29, 0.717) is 52.9 Å². The number of methoxy groups -OCH3 is 2. The first-order chi connectivity index (χ1) is 37.4. The number of nitrogen functional groups attached to an aromatic ring is 1. The summed E-state index contributed by atoms with van der Waals surface area (Å²) in [6, 6.07) is 28.5. The van der Waals surface area contributed by atoms with Gasteiger partial charge in [0.15, 0.2) is 0 Å². The molecule has 10 rings (SSSR count). The molecule has 7 N–H and O–H groups in total. The Kier molecular flexibility index (Phi) is 19.5. The largest absolute Gasteiger partial charge is 0.495 e. The van der Waals surface area contributed by atoms with Gasteiger partial charge >= 0.3 is 0 Å². The summed E-state index contributed by atoms with van der Waals surface area (Å²) in [7, 11) is 3.36. The zero-order valence-electron chi connectivity index (χ0n) is 44.2. The molecule has 2 amide bonds. The van der Waals surface area contributed by atoms with Gasteiger partial charge in [-0.15, -0.1) is 0 Å². The number of carbonyl (C=O) groups excluding carboxylic acids is 2. The van der Waals surface area contributed by atoms with E-state index in [2.05, 4.69) is 93.7 Å². The van der Waals surface area contributed by atoms with Crippen molar-refractivity contribution in [2.45, 2.75) is 63.5 Å². The molecular formula is C58H69ClN12O6. The van der Waals surface area contributed by atoms with Gasteiger partial charge in [0.05, 0.1) is 64.1 Å². The number of rotatable bonds is 16. The van der Waals surface area contributed by atoms with E-state index in [1.807, 2.05) is 62.4 Å². The maximum atomic E-state index is 11.6. The maximum Gasteiger partial charge on any atom is 0.247 e. The molecule has 77 heavy (non-hydrogen) atoms. The SMILES string of the molecule is C=CC(=O)Nc1cccc(Nc2nc(Cl)ncc2C)c1.C=CC(=O)Nc1cccc(Nc2nc(Nc3ccc(C4CCN(C5COC5)CC4)cc3OC)ncc2C)c1.COc1cc(C2CCN(C3COC3)CC2)ccc1N. The summed E-state index contributed by atoms with van der Waals surface area (Å²) in [5.74, 6) is 3.93. The number of piperidine rings is 2. The molecule has 4 saturated heterocycles. The molecule has 18 nitrogen and oxygen atoms in total. The minimum Gasteiger partial charge on any atom is -0.495 e. The van der Waals surface area contributed by atoms with Gasteiger partial charge in [-0.3, -0.25) is 19.4 Å². The molecular weight excluding hydrogens is 996 g/mol. The third kappa shape index (κ3) is 15.3. The molecule has 4 aromatic carbocycles. The highest BCUT2D eigenvalue weighted by molar-refractivity contribution is 6.28. The van der Waals surface area contributed by atoms with Gasteiger partial charge < -0.3 is 51.3 Å². The molecule has 0 unspecified atom stereocenters. The molecule has 4 aliphatic rings. The highest BCUT2D eigenvalue weighted by Crippen LogP contribution is 2.37. The fourth-order valence-electron chi connectivity index (χ4n) is 9.42. The number of aryl methyl sites for hydroxylation is 2. The van der Waals surface area contributed by atoms with Gasteiger partial charge in [-0.25, -0.2) is 15.0 Å². The number of likely N-dealkylation sites (tertiary alicyclic amines) is 2. The smallest absolute Gasteiger partial charge is 0.247 e. The number of nitrogens with one attached hydrogen (secondary N) is 5. The Morgan fingerprint density at radius 3 is 1.58 bits per heavy atom. The van der Waals surface area contributed by atoms with Gasteiger partial charge in [0.2, 0.25) is 23.0 Å². The Morgan fingerprint density at radius 1 is 0.636 bits per heavy atom. The van der Waals surface area contributed by atoms with Crippen LogP contribution in [0.4, 0.5) is 51.7 Å². The van der Waals surface area contributed by atoms with E-state index >= 15 is 0 Å². The van der Waals surface area contributed by atoms with Crippen LogP contribution in [-0.2, 0) is 19.1 Å². The normalized spacial score (nSPS) is 16.1. The van der Waals surface area contributed by atoms with Crippen molar-refractivity contribution in [3.63, 3.8) is 0 Å². The second kappa shape index (κ2) is 26.9. The van der Waals surface area contributed by atoms with Crippen LogP contribution >= 0.6 is 11.6 Å². The average molecular weight is 1070 g/mol. The Hall–Kier alpha value is -7.61. The van der Waals surface area contributed by atoms with Crippen LogP contribution in [0.15, 0.2) is 123 Å². The molecule has 404 valence electrons. The summed E-state index contributed by atoms with van der Waals surface area (Å²) in [5, 5.41) is 15.4. The zero-order chi connectivity index (χ0) is 54.3. The predicted octanol–water partition coefficient (Wildman–Crippen LogP) is 10.1. The van der Waals surface area contributed by atoms with Gasteiger partial charge in [-0.2, -0.15) is 4.98 Å². The molecule has 6 heterocycles. The van der Waals surface area contributed by atoms with E-state index in [1.54, 1.807) is 38.7 Å². The Balaban J connectivity index is 0.000000169. The van der Waals surface area contributed by atoms with E-state index in [1.165, 1.54) is 49.2 Å². The summed E-state index contributed by atoms with van der Waals surface area (Å²) in [4.78, 5) is 45.2. The maximum absolute atomic E-state index is 11.6. The second-order valence-electron chi connectivity index (χ2n) is 19.3. The van der Waals surface area contributed by atoms with Crippen LogP contribution < -0.4 is 41.8 Å². The van der Waals surface area contributed by atoms with Crippen molar-refractivity contribution in [3.8, 4) is 11.5 Å². The highest BCUT2D eigenvalue weighted by Gasteiger charge is 2.31. The molecule has 0 saturated carbocycles. The van der Waals surface area contributed by atoms with Crippen molar-refractivity contribution in [2.24, 2.45) is 0 Å². The van der Waals surface area contributed by atoms with E-state index in [-0.39, 0.29) is 17.1 Å². The predicted molar refractivity (Wildman–Crippen MR) is 306 cm³/mol. The van der Waals surface area contributed by atoms with Gasteiger partial charge in [0, 0.05) is 46.3 Å². The van der Waals surface area contributed by atoms with Crippen LogP contribution in [0.5, 0.6) is 11.5 Å². The lowest BCUT2D eigenvalue weighted by molar-refractivity contribution is -0.112. The van der Waals surface area contributed by atoms with Crippen LogP contribution in [0.3, 0.4) is 0 Å². The summed E-state index contributed by atoms with van der Waals surface area (Å²) in [6.07, 6.45) is 10.6. The number of amides is 2. The Morgan fingerprint density at radius 2 is 1.10 bits per heavy atom. The highest BCUT2D eigenvalue weighted by atomic mass is 35.5. The summed E-state index contributed by atoms with van der Waals surface area (Å²) in [6.45, 7) is 18.9. The molecule has 6 aromatic rings. The summed E-state index contributed by atoms with van der Waals surface area (Å²) >= 11 is 5.77. The van der Waals surface area contributed by atoms with Gasteiger partial charge in [-0.05, 0) is 173 Å². The van der Waals surface area contributed by atoms with Crippen LogP contribution in [0.1, 0.15) is 59.8 Å². The van der Waals surface area contributed by atoms with Crippen LogP contribution in [0, 0.1) is 13.8 Å². The van der Waals surface area contributed by atoms with Crippen molar-refractivity contribution in [3.05, 3.63) is 150 Å². The lowest BCUT2D eigenvalue weighted by atomic mass is 9.88. The molecule has 0 bridgehead atoms. The number of nitrogens with zero attached hydrogens (tertiary/aromatic N) is 6. The number of aromatic nitrogens is 4. The standard InChI is InChI=1S/C29H34N6O3.C15H22N2O2.C14H13ClN4O/c1-4-27(36)31-22-6-5-7-23(15-22)32-28-19(2)16-30-29(34-28)33-25-9-8-21(14-26(25)37-3)20-10-12-35(13-11-20)24-17-38-18-24;1-18-15-8-12(2-3-14(15)16)11-4-6-17(7-5-11)13-9-19-10-13;1-3-12(20)17-10-5-4-6-11(7-10)18-13-9(2)8-16-14(15)19-13/h4-9,14-16,20,24H,1,10-13,17-18H2,2-3H3,(H,31,36)(H2,30,32,33,34);2-3,8,11,13H,4-7,9-10,16H2,1H3;3-8H,1H2,2H3,(H,17,20)(H,16,18,19). The second-order valence-corrected chi connectivity index (χ2v) is 19.6. The number of ether oxygens (including phenoxy) is 4. The number of nitrogens with two attached hydrogens (primary N) is 1. The first-order valence-electron chi connectivity index (χ1n) is 25.8. The van der Waals surface area contributed by atoms with Crippen molar-refractivity contribution < 1.29 is 28.5 Å². The first kappa shape index (κ1) is 55.6. The number of benzene rings is 4. The molecule has 0 atom stereocenters. The van der Waals surface area contributed by atoms with E-state index in [0.717, 1.165) is 97.7 Å². The Bertz CT molecular complexity index is 2990. The van der Waals surface area contributed by atoms with Crippen LogP contribution in [-0.4, -0.2) is 120 Å². The number of carbonyl (C=O) groups is 2. The molecule has 0 spiro atoms. The topological polar surface area (TPSA) is 215 Å². The summed E-state index contributed by atoms with van der Waals surface area (Å²) < 4.78 is 21.7. The number of hydrogen-bond donors (Lipinski definition) is 6. The summed E-state index contributed by atoms with van der Waals surface area (Å²) in [5.41, 5.74) is 14.7. The van der Waals surface area contributed by atoms with E-state index in [4.69, 9.17) is 36.3 Å². The number of anilines is 9. The van der Waals surface area contributed by atoms with Crippen molar-refractivity contribution in [1.82, 2.24) is 29.7 Å². The van der Waals surface area contributed by atoms with Crippen molar-refractivity contribution in [1.29, 1.82) is 0 Å². The quantitative estimate of drug-likeness (QED) is 0.0302. The number of halogens is 1. The monoisotopic (exact) mass is 1060 g/mol. The average Bonchev–Trinajstić information content (AvgIpc) is 3.42. The van der Waals surface area contributed by atoms with E-state index < -0.39 is 0 Å². The van der Waals surface area contributed by atoms with Crippen molar-refractivity contribution in [2.75, 3.05) is 99.1 Å². The fraction of sp³-hybridized carbons (Fsp3) is 0.345. The lowest BCUT2D eigenvalue weighted by Gasteiger charge is -2.41. The molecule has 4 aliphatic heterocycles. The lowest BCUT2D eigenvalue weighted by Crippen LogP contribution is -2.51. The van der Waals surface area contributed by atoms with Gasteiger partial charge in [0.1, 0.15) is 23.1 Å². The minimum absolute atomic E-state index is 0.175. The first-order valence-corrected chi connectivity index (χ1v) is 26.2. The van der Waals surface area contributed by atoms with Crippen LogP contribution in [0.25, 0.3) is 0 Å². The van der Waals surface area contributed by atoms with Crippen molar-refractivity contribution >= 4 is 75.1 Å². The molecule has 0 radical (unpaired) electrons.